The highest BCUT2D eigenvalue weighted by Crippen LogP contribution is 2.21. The second-order valence-electron chi connectivity index (χ2n) is 4.76. The van der Waals surface area contributed by atoms with Crippen LogP contribution in [0.15, 0.2) is 22.7 Å². The number of nitriles is 1. The Morgan fingerprint density at radius 3 is 2.80 bits per heavy atom. The van der Waals surface area contributed by atoms with Crippen LogP contribution < -0.4 is 5.32 Å². The quantitative estimate of drug-likeness (QED) is 0.929. The summed E-state index contributed by atoms with van der Waals surface area (Å²) in [4.78, 5) is 0. The first-order valence-corrected chi connectivity index (χ1v) is 6.37. The van der Waals surface area contributed by atoms with Gasteiger partial charge in [0.15, 0.2) is 0 Å². The van der Waals surface area contributed by atoms with E-state index < -0.39 is 0 Å². The van der Waals surface area contributed by atoms with Crippen LogP contribution in [-0.4, -0.2) is 5.16 Å². The van der Waals surface area contributed by atoms with Gasteiger partial charge in [0, 0.05) is 23.7 Å². The highest BCUT2D eigenvalue weighted by atomic mass is 19.1. The zero-order valence-corrected chi connectivity index (χ0v) is 11.7. The molecule has 1 aromatic carbocycles. The number of hydrogen-bond acceptors (Lipinski definition) is 4. The van der Waals surface area contributed by atoms with Crippen LogP contribution in [0, 0.1) is 31.0 Å². The van der Waals surface area contributed by atoms with E-state index in [9.17, 15) is 4.39 Å². The predicted octanol–water partition coefficient (Wildman–Crippen LogP) is 3.15. The molecule has 1 heterocycles. The maximum absolute atomic E-state index is 13.7. The summed E-state index contributed by atoms with van der Waals surface area (Å²) >= 11 is 0. The second-order valence-corrected chi connectivity index (χ2v) is 4.76. The van der Waals surface area contributed by atoms with E-state index in [1.807, 2.05) is 26.8 Å². The molecule has 0 amide bonds. The number of nitrogens with one attached hydrogen (secondary N) is 1. The van der Waals surface area contributed by atoms with Crippen molar-refractivity contribution in [3.05, 3.63) is 52.2 Å². The van der Waals surface area contributed by atoms with Gasteiger partial charge in [0.05, 0.1) is 17.3 Å². The SMILES string of the molecule is Cc1noc(C)c1C(C)NCc1cc(C#N)ccc1F. The van der Waals surface area contributed by atoms with Gasteiger partial charge in [-0.25, -0.2) is 4.39 Å². The summed E-state index contributed by atoms with van der Waals surface area (Å²) in [5.41, 5.74) is 2.74. The molecule has 0 aliphatic carbocycles. The Labute approximate surface area is 117 Å². The predicted molar refractivity (Wildman–Crippen MR) is 72.3 cm³/mol. The Morgan fingerprint density at radius 1 is 1.45 bits per heavy atom. The fourth-order valence-corrected chi connectivity index (χ4v) is 2.25. The second kappa shape index (κ2) is 5.85. The molecule has 0 spiro atoms. The summed E-state index contributed by atoms with van der Waals surface area (Å²) in [5, 5.41) is 16.0. The number of nitrogens with zero attached hydrogens (tertiary/aromatic N) is 2. The topological polar surface area (TPSA) is 61.9 Å². The lowest BCUT2D eigenvalue weighted by Gasteiger charge is -2.14. The van der Waals surface area contributed by atoms with Crippen molar-refractivity contribution in [1.82, 2.24) is 10.5 Å². The zero-order valence-electron chi connectivity index (χ0n) is 11.7. The van der Waals surface area contributed by atoms with E-state index in [0.717, 1.165) is 17.0 Å². The van der Waals surface area contributed by atoms with Crippen molar-refractivity contribution >= 4 is 0 Å². The average molecular weight is 273 g/mol. The summed E-state index contributed by atoms with van der Waals surface area (Å²) in [5.74, 6) is 0.441. The molecule has 1 N–H and O–H groups in total. The van der Waals surface area contributed by atoms with Crippen LogP contribution in [0.5, 0.6) is 0 Å². The van der Waals surface area contributed by atoms with E-state index in [1.165, 1.54) is 12.1 Å². The van der Waals surface area contributed by atoms with Crippen LogP contribution in [0.25, 0.3) is 0 Å². The highest BCUT2D eigenvalue weighted by Gasteiger charge is 2.16. The van der Waals surface area contributed by atoms with Gasteiger partial charge in [-0.3, -0.25) is 0 Å². The van der Waals surface area contributed by atoms with Crippen LogP contribution >= 0.6 is 0 Å². The number of hydrogen-bond donors (Lipinski definition) is 1. The Morgan fingerprint density at radius 2 is 2.20 bits per heavy atom. The first-order valence-electron chi connectivity index (χ1n) is 6.37. The van der Waals surface area contributed by atoms with Gasteiger partial charge < -0.3 is 9.84 Å². The molecule has 0 radical (unpaired) electrons. The normalized spacial score (nSPS) is 12.2. The standard InChI is InChI=1S/C15H16FN3O/c1-9(15-10(2)19-20-11(15)3)18-8-13-6-12(7-17)4-5-14(13)16/h4-6,9,18H,8H2,1-3H3. The molecule has 104 valence electrons. The van der Waals surface area contributed by atoms with Gasteiger partial charge in [-0.05, 0) is 39.0 Å². The molecule has 0 saturated heterocycles. The summed E-state index contributed by atoms with van der Waals surface area (Å²) < 4.78 is 18.8. The molecular weight excluding hydrogens is 257 g/mol. The molecule has 0 fully saturated rings. The lowest BCUT2D eigenvalue weighted by atomic mass is 10.1. The molecular formula is C15H16FN3O. The molecule has 0 aliphatic heterocycles. The molecule has 2 aromatic rings. The summed E-state index contributed by atoms with van der Waals surface area (Å²) in [6.07, 6.45) is 0. The Hall–Kier alpha value is -2.19. The first kappa shape index (κ1) is 14.2. The third-order valence-electron chi connectivity index (χ3n) is 3.30. The maximum atomic E-state index is 13.7. The Bertz CT molecular complexity index is 638. The van der Waals surface area contributed by atoms with Crippen LogP contribution in [0.3, 0.4) is 0 Å². The van der Waals surface area contributed by atoms with Crippen molar-refractivity contribution in [3.63, 3.8) is 0 Å². The van der Waals surface area contributed by atoms with Gasteiger partial charge in [-0.1, -0.05) is 5.16 Å². The van der Waals surface area contributed by atoms with Gasteiger partial charge >= 0.3 is 0 Å². The van der Waals surface area contributed by atoms with E-state index in [0.29, 0.717) is 17.7 Å². The van der Waals surface area contributed by atoms with Gasteiger partial charge in [-0.15, -0.1) is 0 Å². The lowest BCUT2D eigenvalue weighted by molar-refractivity contribution is 0.390. The van der Waals surface area contributed by atoms with Crippen molar-refractivity contribution in [3.8, 4) is 6.07 Å². The summed E-state index contributed by atoms with van der Waals surface area (Å²) in [7, 11) is 0. The van der Waals surface area contributed by atoms with Crippen LogP contribution in [0.1, 0.15) is 41.1 Å². The van der Waals surface area contributed by atoms with E-state index in [2.05, 4.69) is 10.5 Å². The Balaban J connectivity index is 2.11. The maximum Gasteiger partial charge on any atom is 0.138 e. The number of benzene rings is 1. The molecule has 1 aromatic heterocycles. The van der Waals surface area contributed by atoms with Crippen molar-refractivity contribution in [2.75, 3.05) is 0 Å². The minimum atomic E-state index is -0.317. The van der Waals surface area contributed by atoms with E-state index in [-0.39, 0.29) is 11.9 Å². The molecule has 0 aliphatic rings. The molecule has 5 heteroatoms. The fraction of sp³-hybridized carbons (Fsp3) is 0.333. The summed E-state index contributed by atoms with van der Waals surface area (Å²) in [6.45, 7) is 6.04. The fourth-order valence-electron chi connectivity index (χ4n) is 2.25. The third kappa shape index (κ3) is 2.86. The number of rotatable bonds is 4. The molecule has 0 saturated carbocycles. The van der Waals surface area contributed by atoms with E-state index >= 15 is 0 Å². The minimum absolute atomic E-state index is 0.00797. The van der Waals surface area contributed by atoms with Gasteiger partial charge in [0.25, 0.3) is 0 Å². The highest BCUT2D eigenvalue weighted by molar-refractivity contribution is 5.34. The monoisotopic (exact) mass is 273 g/mol. The smallest absolute Gasteiger partial charge is 0.138 e. The average Bonchev–Trinajstić information content (AvgIpc) is 2.77. The number of aryl methyl sites for hydroxylation is 2. The van der Waals surface area contributed by atoms with Crippen LogP contribution in [-0.2, 0) is 6.54 Å². The van der Waals surface area contributed by atoms with Gasteiger partial charge in [-0.2, -0.15) is 5.26 Å². The minimum Gasteiger partial charge on any atom is -0.361 e. The van der Waals surface area contributed by atoms with Crippen molar-refractivity contribution in [2.24, 2.45) is 0 Å². The van der Waals surface area contributed by atoms with Crippen LogP contribution in [0.4, 0.5) is 4.39 Å². The van der Waals surface area contributed by atoms with Crippen molar-refractivity contribution < 1.29 is 8.91 Å². The number of aromatic nitrogens is 1. The molecule has 0 bridgehead atoms. The van der Waals surface area contributed by atoms with Gasteiger partial charge in [0.2, 0.25) is 0 Å². The molecule has 1 unspecified atom stereocenters. The lowest BCUT2D eigenvalue weighted by Crippen LogP contribution is -2.19. The zero-order chi connectivity index (χ0) is 14.7. The number of halogens is 1. The van der Waals surface area contributed by atoms with Gasteiger partial charge in [0.1, 0.15) is 11.6 Å². The van der Waals surface area contributed by atoms with E-state index in [4.69, 9.17) is 9.78 Å². The summed E-state index contributed by atoms with van der Waals surface area (Å²) in [6, 6.07) is 6.34. The molecule has 2 rings (SSSR count). The van der Waals surface area contributed by atoms with E-state index in [1.54, 1.807) is 6.07 Å². The molecule has 20 heavy (non-hydrogen) atoms. The van der Waals surface area contributed by atoms with Crippen LogP contribution in [0.2, 0.25) is 0 Å². The van der Waals surface area contributed by atoms with Crippen molar-refractivity contribution in [1.29, 1.82) is 5.26 Å². The largest absolute Gasteiger partial charge is 0.361 e. The molecule has 4 nitrogen and oxygen atoms in total. The molecule has 1 atom stereocenters. The third-order valence-corrected chi connectivity index (χ3v) is 3.30. The van der Waals surface area contributed by atoms with Crippen molar-refractivity contribution in [2.45, 2.75) is 33.4 Å². The first-order chi connectivity index (χ1) is 9.52. The Kier molecular flexibility index (Phi) is 4.16.